The van der Waals surface area contributed by atoms with Crippen LogP contribution >= 0.6 is 0 Å². The number of hydrogen-bond donors (Lipinski definition) is 0. The molecule has 0 aliphatic carbocycles. The maximum absolute atomic E-state index is 5.36. The lowest BCUT2D eigenvalue weighted by atomic mass is 9.89. The maximum atomic E-state index is 5.36. The fourth-order valence-electron chi connectivity index (χ4n) is 13.6. The molecule has 0 saturated heterocycles. The van der Waals surface area contributed by atoms with Gasteiger partial charge in [0, 0.05) is 47.0 Å². The van der Waals surface area contributed by atoms with Gasteiger partial charge in [-0.15, -0.1) is 0 Å². The Morgan fingerprint density at radius 3 is 0.535 bits per heavy atom. The zero-order valence-corrected chi connectivity index (χ0v) is 50.2. The second-order valence-corrected chi connectivity index (χ2v) is 31.1. The largest absolute Gasteiger partial charge is 0.256 e. The standard InChI is InChI=1S/C80H62N4Si2/c1-85(77(65-43-47-69(81-53-65)57-27-11-3-12-28-57)73(61-35-19-7-20-36-61)74(62-37-21-8-22-38-62)78(85)66-44-48-70(82-54-66)58-29-13-4-14-30-58)51-52-86(2)79(67-45-49-71(83-55-67)59-31-15-5-16-32-59)75(63-39-23-9-24-40-63)76(64-41-25-10-26-42-64)80(86)68-46-50-72(84-56-68)60-33-17-6-18-34-60/h3-50,53-56H,51-52H2,1-2H3. The molecule has 12 aromatic rings. The minimum atomic E-state index is -3.06. The lowest BCUT2D eigenvalue weighted by molar-refractivity contribution is 1.28. The number of aromatic nitrogens is 4. The van der Waals surface area contributed by atoms with Gasteiger partial charge < -0.3 is 0 Å². The van der Waals surface area contributed by atoms with Crippen LogP contribution in [0, 0.1) is 0 Å². The van der Waals surface area contributed by atoms with Gasteiger partial charge in [0.05, 0.1) is 22.8 Å². The van der Waals surface area contributed by atoms with Crippen molar-refractivity contribution in [3.05, 3.63) is 360 Å². The highest BCUT2D eigenvalue weighted by Crippen LogP contribution is 2.62. The maximum Gasteiger partial charge on any atom is 0.118 e. The van der Waals surface area contributed by atoms with E-state index < -0.39 is 16.1 Å². The van der Waals surface area contributed by atoms with Gasteiger partial charge in [-0.05, 0) is 112 Å². The Bertz CT molecular complexity index is 3900. The quantitative estimate of drug-likeness (QED) is 0.0960. The van der Waals surface area contributed by atoms with Crippen molar-refractivity contribution in [1.82, 2.24) is 19.9 Å². The zero-order chi connectivity index (χ0) is 57.9. The molecule has 14 rings (SSSR count). The molecule has 0 spiro atoms. The molecule has 6 heteroatoms. The molecule has 0 amide bonds. The van der Waals surface area contributed by atoms with Gasteiger partial charge in [0.1, 0.15) is 16.1 Å². The van der Waals surface area contributed by atoms with Crippen molar-refractivity contribution in [2.45, 2.75) is 25.2 Å². The van der Waals surface area contributed by atoms with Crippen molar-refractivity contribution in [2.24, 2.45) is 0 Å². The Morgan fingerprint density at radius 1 is 0.198 bits per heavy atom. The first-order valence-electron chi connectivity index (χ1n) is 29.7. The van der Waals surface area contributed by atoms with Crippen molar-refractivity contribution in [2.75, 3.05) is 0 Å². The molecule has 0 atom stereocenters. The lowest BCUT2D eigenvalue weighted by Gasteiger charge is -2.37. The van der Waals surface area contributed by atoms with E-state index in [-0.39, 0.29) is 0 Å². The summed E-state index contributed by atoms with van der Waals surface area (Å²) in [5.41, 5.74) is 22.6. The van der Waals surface area contributed by atoms with Crippen molar-refractivity contribution in [3.63, 3.8) is 0 Å². The average molecular weight is 1140 g/mol. The fourth-order valence-corrected chi connectivity index (χ4v) is 25.5. The van der Waals surface area contributed by atoms with Crippen LogP contribution in [-0.2, 0) is 0 Å². The van der Waals surface area contributed by atoms with Crippen molar-refractivity contribution in [3.8, 4) is 45.0 Å². The average Bonchev–Trinajstić information content (AvgIpc) is 1.59. The van der Waals surface area contributed by atoms with E-state index in [1.54, 1.807) is 0 Å². The predicted molar refractivity (Wildman–Crippen MR) is 365 cm³/mol. The van der Waals surface area contributed by atoms with Crippen LogP contribution in [0.4, 0.5) is 0 Å². The number of nitrogens with zero attached hydrogens (tertiary/aromatic N) is 4. The van der Waals surface area contributed by atoms with Crippen LogP contribution in [0.15, 0.2) is 316 Å². The van der Waals surface area contributed by atoms with Gasteiger partial charge in [-0.2, -0.15) is 0 Å². The predicted octanol–water partition coefficient (Wildman–Crippen LogP) is 20.0. The van der Waals surface area contributed by atoms with Crippen LogP contribution in [0.3, 0.4) is 0 Å². The van der Waals surface area contributed by atoms with Gasteiger partial charge in [-0.1, -0.05) is 292 Å². The molecular formula is C80H62N4Si2. The molecule has 0 radical (unpaired) electrons. The zero-order valence-electron chi connectivity index (χ0n) is 48.2. The summed E-state index contributed by atoms with van der Waals surface area (Å²) in [7, 11) is -6.12. The minimum absolute atomic E-state index is 0.913. The first kappa shape index (κ1) is 53.7. The Kier molecular flexibility index (Phi) is 14.6. The highest BCUT2D eigenvalue weighted by molar-refractivity contribution is 7.17. The minimum Gasteiger partial charge on any atom is -0.256 e. The van der Waals surface area contributed by atoms with Crippen LogP contribution in [0.5, 0.6) is 0 Å². The van der Waals surface area contributed by atoms with E-state index in [0.717, 1.165) is 79.4 Å². The van der Waals surface area contributed by atoms with E-state index >= 15 is 0 Å². The first-order valence-corrected chi connectivity index (χ1v) is 35.1. The molecule has 0 unspecified atom stereocenters. The number of pyridine rings is 4. The lowest BCUT2D eigenvalue weighted by Crippen LogP contribution is -2.39. The van der Waals surface area contributed by atoms with E-state index in [0.29, 0.717) is 0 Å². The summed E-state index contributed by atoms with van der Waals surface area (Å²) in [6.07, 6.45) is 8.67. The summed E-state index contributed by atoms with van der Waals surface area (Å²) in [6, 6.07) is 107. The summed E-state index contributed by atoms with van der Waals surface area (Å²) in [5, 5.41) is 5.55. The van der Waals surface area contributed by atoms with Gasteiger partial charge in [-0.3, -0.25) is 19.9 Å². The van der Waals surface area contributed by atoms with Crippen LogP contribution in [0.1, 0.15) is 44.5 Å². The van der Waals surface area contributed by atoms with Gasteiger partial charge in [0.15, 0.2) is 0 Å². The highest BCUT2D eigenvalue weighted by Gasteiger charge is 2.52. The topological polar surface area (TPSA) is 51.6 Å². The molecule has 2 aliphatic rings. The molecule has 4 nitrogen and oxygen atoms in total. The monoisotopic (exact) mass is 1130 g/mol. The molecule has 2 aliphatic heterocycles. The van der Waals surface area contributed by atoms with Gasteiger partial charge in [0.2, 0.25) is 0 Å². The van der Waals surface area contributed by atoms with Crippen molar-refractivity contribution >= 4 is 59.2 Å². The molecule has 6 heterocycles. The molecule has 86 heavy (non-hydrogen) atoms. The van der Waals surface area contributed by atoms with Crippen LogP contribution in [0.25, 0.3) is 88.1 Å². The van der Waals surface area contributed by atoms with Gasteiger partial charge in [0.25, 0.3) is 0 Å². The number of rotatable bonds is 15. The van der Waals surface area contributed by atoms with Crippen molar-refractivity contribution < 1.29 is 0 Å². The summed E-state index contributed by atoms with van der Waals surface area (Å²) in [6.45, 7) is 5.32. The number of hydrogen-bond acceptors (Lipinski definition) is 4. The number of allylic oxidation sites excluding steroid dienone is 4. The van der Waals surface area contributed by atoms with Crippen molar-refractivity contribution in [1.29, 1.82) is 0 Å². The molecule has 0 saturated carbocycles. The summed E-state index contributed by atoms with van der Waals surface area (Å²) >= 11 is 0. The molecule has 4 aromatic heterocycles. The van der Waals surface area contributed by atoms with Crippen LogP contribution in [-0.4, -0.2) is 36.1 Å². The van der Waals surface area contributed by atoms with Crippen LogP contribution < -0.4 is 0 Å². The number of benzene rings is 8. The molecular weight excluding hydrogens is 1070 g/mol. The third-order valence-corrected chi connectivity index (χ3v) is 27.1. The normalized spacial score (nSPS) is 14.5. The molecule has 0 bridgehead atoms. The molecule has 0 fully saturated rings. The summed E-state index contributed by atoms with van der Waals surface area (Å²) < 4.78 is 0. The smallest absolute Gasteiger partial charge is 0.118 e. The molecule has 410 valence electrons. The summed E-state index contributed by atoms with van der Waals surface area (Å²) in [5.74, 6) is 0. The van der Waals surface area contributed by atoms with Gasteiger partial charge >= 0.3 is 0 Å². The Labute approximate surface area is 506 Å². The van der Waals surface area contributed by atoms with Crippen LogP contribution in [0.2, 0.25) is 25.2 Å². The third-order valence-electron chi connectivity index (χ3n) is 17.6. The molecule has 8 aromatic carbocycles. The highest BCUT2D eigenvalue weighted by atomic mass is 28.3. The van der Waals surface area contributed by atoms with E-state index in [2.05, 4.69) is 329 Å². The van der Waals surface area contributed by atoms with E-state index in [4.69, 9.17) is 19.9 Å². The first-order chi connectivity index (χ1) is 42.4. The molecule has 0 N–H and O–H groups in total. The SMILES string of the molecule is C[Si]1(CC[Si]2(C)C(c3ccc(-c4ccccc4)nc3)=C(c3ccccc3)C(c3ccccc3)=C2c2ccc(-c3ccccc3)nc2)C(c2ccc(-c3ccccc3)nc2)=C(c2ccccc2)C(c2ccccc2)=C1c1ccc(-c2ccccc2)nc1. The van der Waals surface area contributed by atoms with E-state index in [1.807, 2.05) is 0 Å². The Morgan fingerprint density at radius 2 is 0.372 bits per heavy atom. The van der Waals surface area contributed by atoms with E-state index in [1.165, 1.54) is 65.3 Å². The fraction of sp³-hybridized carbons (Fsp3) is 0.0500. The Balaban J connectivity index is 1.05. The third kappa shape index (κ3) is 10.1. The summed E-state index contributed by atoms with van der Waals surface area (Å²) in [4.78, 5) is 21.5. The second-order valence-electron chi connectivity index (χ2n) is 22.8. The van der Waals surface area contributed by atoms with Gasteiger partial charge in [-0.25, -0.2) is 0 Å². The Hall–Kier alpha value is -10.2. The second kappa shape index (κ2) is 23.4. The van der Waals surface area contributed by atoms with E-state index in [9.17, 15) is 0 Å².